The molecule has 7 heteroatoms. The van der Waals surface area contributed by atoms with Gasteiger partial charge in [-0.2, -0.15) is 0 Å². The molecule has 31 heavy (non-hydrogen) atoms. The van der Waals surface area contributed by atoms with E-state index in [1.54, 1.807) is 18.2 Å². The summed E-state index contributed by atoms with van der Waals surface area (Å²) in [6.07, 6.45) is 3.74. The van der Waals surface area contributed by atoms with E-state index >= 15 is 0 Å². The highest BCUT2D eigenvalue weighted by Crippen LogP contribution is 2.44. The minimum Gasteiger partial charge on any atom is -0.504 e. The normalized spacial score (nSPS) is 23.5. The molecule has 0 aromatic heterocycles. The number of rotatable bonds is 6. The van der Waals surface area contributed by atoms with Gasteiger partial charge in [-0.05, 0) is 57.2 Å². The summed E-state index contributed by atoms with van der Waals surface area (Å²) in [5, 5.41) is 13.4. The van der Waals surface area contributed by atoms with Crippen LogP contribution in [-0.2, 0) is 19.1 Å². The fraction of sp³-hybridized carbons (Fsp3) is 0.500. The Balaban J connectivity index is 1.72. The highest BCUT2D eigenvalue weighted by Gasteiger charge is 2.39. The number of ketones is 1. The van der Waals surface area contributed by atoms with Crippen LogP contribution in [-0.4, -0.2) is 42.8 Å². The van der Waals surface area contributed by atoms with Gasteiger partial charge < -0.3 is 24.6 Å². The summed E-state index contributed by atoms with van der Waals surface area (Å²) in [4.78, 5) is 26.2. The lowest BCUT2D eigenvalue weighted by molar-refractivity contribution is -0.142. The number of aromatic hydroxyl groups is 1. The van der Waals surface area contributed by atoms with Gasteiger partial charge in [0.05, 0.1) is 18.3 Å². The number of phenolic OH excluding ortho intramolecular Hbond substituents is 1. The predicted octanol–water partition coefficient (Wildman–Crippen LogP) is 3.48. The number of allylic oxidation sites excluding steroid dienone is 3. The second-order valence-electron chi connectivity index (χ2n) is 8.16. The van der Waals surface area contributed by atoms with Crippen molar-refractivity contribution < 1.29 is 28.9 Å². The summed E-state index contributed by atoms with van der Waals surface area (Å²) >= 11 is 0. The molecule has 166 valence electrons. The number of benzene rings is 1. The van der Waals surface area contributed by atoms with E-state index in [1.807, 2.05) is 13.8 Å². The Labute approximate surface area is 182 Å². The van der Waals surface area contributed by atoms with Crippen molar-refractivity contribution >= 4 is 11.8 Å². The summed E-state index contributed by atoms with van der Waals surface area (Å²) < 4.78 is 16.8. The molecule has 0 radical (unpaired) electrons. The molecule has 0 amide bonds. The Morgan fingerprint density at radius 1 is 1.29 bits per heavy atom. The summed E-state index contributed by atoms with van der Waals surface area (Å²) in [6.45, 7) is 4.94. The Hall–Kier alpha value is -2.80. The van der Waals surface area contributed by atoms with Crippen LogP contribution in [0, 0.1) is 0 Å². The van der Waals surface area contributed by atoms with Crippen molar-refractivity contribution in [1.82, 2.24) is 5.32 Å². The van der Waals surface area contributed by atoms with Gasteiger partial charge in [0.15, 0.2) is 17.3 Å². The van der Waals surface area contributed by atoms with Crippen LogP contribution in [0.5, 0.6) is 11.5 Å². The molecular formula is C24H29NO6. The first-order valence-corrected chi connectivity index (χ1v) is 11.0. The third kappa shape index (κ3) is 4.32. The second kappa shape index (κ2) is 9.14. The van der Waals surface area contributed by atoms with E-state index in [2.05, 4.69) is 5.32 Å². The number of hydrogen-bond donors (Lipinski definition) is 2. The molecule has 3 aliphatic rings. The average Bonchev–Trinajstić information content (AvgIpc) is 3.27. The molecule has 2 aliphatic heterocycles. The van der Waals surface area contributed by atoms with Crippen molar-refractivity contribution in [3.05, 3.63) is 46.3 Å². The van der Waals surface area contributed by atoms with E-state index in [0.717, 1.165) is 31.4 Å². The summed E-state index contributed by atoms with van der Waals surface area (Å²) in [5.74, 6) is -0.649. The van der Waals surface area contributed by atoms with Crippen LogP contribution in [0.4, 0.5) is 0 Å². The third-order valence-electron chi connectivity index (χ3n) is 6.04. The maximum absolute atomic E-state index is 13.2. The Bertz CT molecular complexity index is 941. The zero-order chi connectivity index (χ0) is 22.0. The monoisotopic (exact) mass is 427 g/mol. The van der Waals surface area contributed by atoms with E-state index in [-0.39, 0.29) is 24.2 Å². The van der Waals surface area contributed by atoms with E-state index in [4.69, 9.17) is 14.2 Å². The number of nitrogens with one attached hydrogen (secondary N) is 1. The standard InChI is InChI=1S/C24H29NO6/c1-3-29-20-12-15(9-10-18(20)26)22-21(24(28)31-13-16-6-5-11-30-16)14(2)25-17-7-4-8-19(27)23(17)22/h9-10,12,16,22,25-26H,3-8,11,13H2,1-2H3. The van der Waals surface area contributed by atoms with Gasteiger partial charge in [0, 0.05) is 35.9 Å². The number of carbonyl (C=O) groups excluding carboxylic acids is 2. The molecule has 0 saturated carbocycles. The molecule has 1 aromatic carbocycles. The van der Waals surface area contributed by atoms with Gasteiger partial charge in [-0.1, -0.05) is 6.07 Å². The molecule has 0 bridgehead atoms. The van der Waals surface area contributed by atoms with E-state index < -0.39 is 11.9 Å². The maximum atomic E-state index is 13.2. The van der Waals surface area contributed by atoms with Crippen LogP contribution < -0.4 is 10.1 Å². The molecule has 2 heterocycles. The lowest BCUT2D eigenvalue weighted by Gasteiger charge is -2.34. The van der Waals surface area contributed by atoms with Crippen molar-refractivity contribution in [2.45, 2.75) is 58.0 Å². The minimum atomic E-state index is -0.569. The molecule has 1 aromatic rings. The van der Waals surface area contributed by atoms with Gasteiger partial charge >= 0.3 is 5.97 Å². The minimum absolute atomic E-state index is 0.0203. The van der Waals surface area contributed by atoms with Crippen molar-refractivity contribution in [1.29, 1.82) is 0 Å². The summed E-state index contributed by atoms with van der Waals surface area (Å²) in [7, 11) is 0. The van der Waals surface area contributed by atoms with Gasteiger partial charge in [-0.25, -0.2) is 4.79 Å². The molecule has 4 rings (SSSR count). The molecule has 1 fully saturated rings. The average molecular weight is 427 g/mol. The van der Waals surface area contributed by atoms with Gasteiger partial charge in [0.1, 0.15) is 6.61 Å². The topological polar surface area (TPSA) is 94.1 Å². The Morgan fingerprint density at radius 2 is 2.13 bits per heavy atom. The number of phenols is 1. The van der Waals surface area contributed by atoms with Crippen molar-refractivity contribution in [3.8, 4) is 11.5 Å². The van der Waals surface area contributed by atoms with E-state index in [9.17, 15) is 14.7 Å². The zero-order valence-corrected chi connectivity index (χ0v) is 18.0. The first-order valence-electron chi connectivity index (χ1n) is 11.0. The van der Waals surface area contributed by atoms with Crippen molar-refractivity contribution in [3.63, 3.8) is 0 Å². The molecule has 1 saturated heterocycles. The molecule has 7 nitrogen and oxygen atoms in total. The number of hydrogen-bond acceptors (Lipinski definition) is 7. The van der Waals surface area contributed by atoms with Crippen molar-refractivity contribution in [2.75, 3.05) is 19.8 Å². The number of Topliss-reactive ketones (excluding diaryl/α,β-unsaturated/α-hetero) is 1. The van der Waals surface area contributed by atoms with E-state index in [0.29, 0.717) is 47.8 Å². The van der Waals surface area contributed by atoms with Crippen molar-refractivity contribution in [2.24, 2.45) is 0 Å². The number of esters is 1. The van der Waals surface area contributed by atoms with E-state index in [1.165, 1.54) is 0 Å². The number of ether oxygens (including phenoxy) is 3. The second-order valence-corrected chi connectivity index (χ2v) is 8.16. The predicted molar refractivity (Wildman–Crippen MR) is 114 cm³/mol. The largest absolute Gasteiger partial charge is 0.504 e. The molecule has 2 unspecified atom stereocenters. The summed E-state index contributed by atoms with van der Waals surface area (Å²) in [5.41, 5.74) is 3.28. The number of carbonyl (C=O) groups is 2. The molecule has 2 N–H and O–H groups in total. The van der Waals surface area contributed by atoms with Gasteiger partial charge in [0.2, 0.25) is 0 Å². The van der Waals surface area contributed by atoms with Crippen LogP contribution in [0.15, 0.2) is 40.7 Å². The van der Waals surface area contributed by atoms with Crippen LogP contribution in [0.3, 0.4) is 0 Å². The SMILES string of the molecule is CCOc1cc(C2C(C(=O)OCC3CCCO3)=C(C)NC3=C2C(=O)CCC3)ccc1O. The Kier molecular flexibility index (Phi) is 6.32. The molecule has 1 aliphatic carbocycles. The molecule has 2 atom stereocenters. The van der Waals surface area contributed by atoms with Gasteiger partial charge in [0.25, 0.3) is 0 Å². The highest BCUT2D eigenvalue weighted by atomic mass is 16.6. The maximum Gasteiger partial charge on any atom is 0.336 e. The van der Waals surface area contributed by atoms with Crippen LogP contribution in [0.25, 0.3) is 0 Å². The highest BCUT2D eigenvalue weighted by molar-refractivity contribution is 6.03. The zero-order valence-electron chi connectivity index (χ0n) is 18.0. The van der Waals surface area contributed by atoms with Gasteiger partial charge in [-0.3, -0.25) is 4.79 Å². The lowest BCUT2D eigenvalue weighted by Crippen LogP contribution is -2.35. The fourth-order valence-corrected chi connectivity index (χ4v) is 4.59. The number of dihydropyridines is 1. The smallest absolute Gasteiger partial charge is 0.336 e. The van der Waals surface area contributed by atoms with Crippen LogP contribution in [0.1, 0.15) is 57.4 Å². The molecular weight excluding hydrogens is 398 g/mol. The fourth-order valence-electron chi connectivity index (χ4n) is 4.59. The van der Waals surface area contributed by atoms with Crippen LogP contribution >= 0.6 is 0 Å². The van der Waals surface area contributed by atoms with Gasteiger partial charge in [-0.15, -0.1) is 0 Å². The summed E-state index contributed by atoms with van der Waals surface area (Å²) in [6, 6.07) is 4.99. The Morgan fingerprint density at radius 3 is 2.87 bits per heavy atom. The quantitative estimate of drug-likeness (QED) is 0.671. The first kappa shape index (κ1) is 21.4. The lowest BCUT2D eigenvalue weighted by atomic mass is 9.75. The third-order valence-corrected chi connectivity index (χ3v) is 6.04. The molecule has 0 spiro atoms. The first-order chi connectivity index (χ1) is 15.0. The van der Waals surface area contributed by atoms with Crippen LogP contribution in [0.2, 0.25) is 0 Å².